The predicted octanol–water partition coefficient (Wildman–Crippen LogP) is 12.4. The molecule has 0 aliphatic carbocycles. The van der Waals surface area contributed by atoms with Crippen LogP contribution in [-0.4, -0.2) is 60.3 Å². The van der Waals surface area contributed by atoms with Crippen LogP contribution in [0.15, 0.2) is 79.3 Å². The minimum absolute atomic E-state index is 0.0436. The van der Waals surface area contributed by atoms with Crippen molar-refractivity contribution in [3.8, 4) is 12.1 Å². The number of pyridine rings is 5. The molecule has 0 unspecified atom stereocenters. The minimum atomic E-state index is -1.74. The number of hydrogen-bond donors (Lipinski definition) is 3. The summed E-state index contributed by atoms with van der Waals surface area (Å²) in [5.74, 6) is 0. The topological polar surface area (TPSA) is 191 Å². The van der Waals surface area contributed by atoms with E-state index in [0.29, 0.717) is 31.2 Å². The maximum atomic E-state index is 9.39. The number of aliphatic hydroxyl groups excluding tert-OH is 2. The third-order valence-corrected chi connectivity index (χ3v) is 26.4. The molecule has 5 heterocycles. The molecule has 13 nitrogen and oxygen atoms in total. The van der Waals surface area contributed by atoms with Gasteiger partial charge in [0, 0.05) is 59.0 Å². The number of rotatable bonds is 11. The van der Waals surface area contributed by atoms with E-state index in [1.807, 2.05) is 70.3 Å². The van der Waals surface area contributed by atoms with Gasteiger partial charge in [-0.25, -0.2) is 9.97 Å². The Hall–Kier alpha value is -5.02. The van der Waals surface area contributed by atoms with Crippen molar-refractivity contribution < 1.29 is 33.4 Å². The van der Waals surface area contributed by atoms with Gasteiger partial charge in [0.2, 0.25) is 11.9 Å². The summed E-state index contributed by atoms with van der Waals surface area (Å²) >= 11 is 0. The number of nitriles is 2. The van der Waals surface area contributed by atoms with Crippen molar-refractivity contribution in [3.05, 3.63) is 147 Å². The summed E-state index contributed by atoms with van der Waals surface area (Å²) < 4.78 is 19.5. The van der Waals surface area contributed by atoms with Crippen molar-refractivity contribution in [2.24, 2.45) is 0 Å². The third-order valence-electron chi connectivity index (χ3n) is 12.9. The molecule has 0 spiro atoms. The Morgan fingerprint density at radius 2 is 0.831 bits per heavy atom. The van der Waals surface area contributed by atoms with E-state index >= 15 is 0 Å². The SMILES string of the molecule is Cc1cc(CO)cc(C#N)n1.Cc1cc(CO)ccn1.Cc1cc(CO[Si](C)(C)C(C)(C)C)cc(C#N)n1.Cc1cc(CO[Si](C)(C)C(C)(C)C)cc[n+]1O.Cc1cc(CO[Si](C)(C)C(C)(C)C)ccn1. The molecule has 0 aliphatic heterocycles. The van der Waals surface area contributed by atoms with Crippen LogP contribution in [0.3, 0.4) is 0 Å². The van der Waals surface area contributed by atoms with Crippen molar-refractivity contribution in [2.75, 3.05) is 0 Å². The first-order chi connectivity index (χ1) is 32.6. The van der Waals surface area contributed by atoms with E-state index in [1.54, 1.807) is 43.6 Å². The Kier molecular flexibility index (Phi) is 25.5. The van der Waals surface area contributed by atoms with Crippen LogP contribution in [0.5, 0.6) is 0 Å². The van der Waals surface area contributed by atoms with Gasteiger partial charge < -0.3 is 23.5 Å². The van der Waals surface area contributed by atoms with Crippen LogP contribution in [0, 0.1) is 57.3 Å². The fourth-order valence-corrected chi connectivity index (χ4v) is 8.24. The van der Waals surface area contributed by atoms with Gasteiger partial charge in [0.1, 0.15) is 23.5 Å². The molecule has 5 aromatic heterocycles. The summed E-state index contributed by atoms with van der Waals surface area (Å²) in [6, 6.07) is 22.7. The fourth-order valence-electron chi connectivity index (χ4n) is 5.36. The summed E-state index contributed by atoms with van der Waals surface area (Å²) in [5.41, 5.74) is 10.3. The molecule has 0 saturated heterocycles. The molecule has 71 heavy (non-hydrogen) atoms. The van der Waals surface area contributed by atoms with E-state index in [9.17, 15) is 5.21 Å². The van der Waals surface area contributed by atoms with Gasteiger partial charge in [-0.1, -0.05) is 62.3 Å². The van der Waals surface area contributed by atoms with Crippen LogP contribution < -0.4 is 4.73 Å². The molecule has 0 saturated carbocycles. The zero-order valence-corrected chi connectivity index (χ0v) is 49.7. The second-order valence-electron chi connectivity index (χ2n) is 22.3. The van der Waals surface area contributed by atoms with Gasteiger partial charge in [-0.2, -0.15) is 10.5 Å². The fraction of sp³-hybridized carbons (Fsp3) is 0.509. The molecule has 16 heteroatoms. The van der Waals surface area contributed by atoms with E-state index in [1.165, 1.54) is 5.56 Å². The Bertz CT molecular complexity index is 2520. The number of aromatic nitrogens is 5. The summed E-state index contributed by atoms with van der Waals surface area (Å²) in [6.45, 7) is 45.1. The normalized spacial score (nSPS) is 11.7. The van der Waals surface area contributed by atoms with Crippen LogP contribution in [0.4, 0.5) is 0 Å². The van der Waals surface area contributed by atoms with Crippen molar-refractivity contribution in [1.29, 1.82) is 10.5 Å². The number of aliphatic hydroxyl groups is 2. The molecule has 3 N–H and O–H groups in total. The standard InChI is InChI=1S/C14H22N2OSi.C13H24NO2Si.C13H23NOSi.C8H8N2O.C7H9NO/c1-11-7-12(8-13(9-15)16-11)10-17-18(5,6)14(2,3)4;1-11-9-12(7-8-14(11)15)10-16-17(5,6)13(2,3)4;1-11-9-12(7-8-14-11)10-15-16(5,6)13(2,3)4;1-6-2-7(5-11)3-8(4-9)10-6;1-6-4-7(5-9)2-3-8-6/h7-8H,10H2,1-6H3;7-9,15H,10H2,1-6H3;7-9H,10H2,1-6H3;2-3,11H,5H2,1H3;2-4,9H,5H2,1H3/q;+1;;;. The second-order valence-corrected chi connectivity index (χ2v) is 36.8. The molecule has 0 amide bonds. The molecule has 5 rings (SSSR count). The molecular formula is C55H86N7O6Si3+. The van der Waals surface area contributed by atoms with E-state index in [2.05, 4.69) is 134 Å². The lowest BCUT2D eigenvalue weighted by molar-refractivity contribution is -0.908. The largest absolute Gasteiger partial charge is 0.413 e. The molecule has 0 radical (unpaired) electrons. The van der Waals surface area contributed by atoms with E-state index in [-0.39, 0.29) is 28.3 Å². The van der Waals surface area contributed by atoms with Gasteiger partial charge >= 0.3 is 0 Å². The van der Waals surface area contributed by atoms with Crippen LogP contribution in [-0.2, 0) is 46.3 Å². The first-order valence-electron chi connectivity index (χ1n) is 24.0. The average molecular weight is 1030 g/mol. The quantitative estimate of drug-likeness (QED) is 0.0645. The average Bonchev–Trinajstić information content (AvgIpc) is 3.27. The monoisotopic (exact) mass is 1020 g/mol. The Labute approximate surface area is 430 Å². The second kappa shape index (κ2) is 28.3. The zero-order chi connectivity index (χ0) is 54.6. The van der Waals surface area contributed by atoms with Crippen LogP contribution in [0.2, 0.25) is 54.4 Å². The Balaban J connectivity index is 0.000000452. The highest BCUT2D eigenvalue weighted by Gasteiger charge is 2.38. The lowest BCUT2D eigenvalue weighted by Gasteiger charge is -2.36. The first-order valence-corrected chi connectivity index (χ1v) is 32.7. The van der Waals surface area contributed by atoms with Gasteiger partial charge in [0.15, 0.2) is 25.0 Å². The summed E-state index contributed by atoms with van der Waals surface area (Å²) in [7, 11) is -5.05. The van der Waals surface area contributed by atoms with E-state index in [0.717, 1.165) is 55.5 Å². The van der Waals surface area contributed by atoms with Crippen molar-refractivity contribution in [2.45, 2.75) is 184 Å². The van der Waals surface area contributed by atoms with Gasteiger partial charge in [-0.05, 0) is 158 Å². The molecular weight excluding hydrogens is 939 g/mol. The zero-order valence-electron chi connectivity index (χ0n) is 46.7. The Morgan fingerprint density at radius 1 is 0.493 bits per heavy atom. The molecule has 0 atom stereocenters. The van der Waals surface area contributed by atoms with E-state index in [4.69, 9.17) is 34.0 Å². The van der Waals surface area contributed by atoms with Crippen LogP contribution in [0.25, 0.3) is 0 Å². The number of hydrogen-bond acceptors (Lipinski definition) is 12. The molecule has 5 aromatic rings. The summed E-state index contributed by atoms with van der Waals surface area (Å²) in [6.07, 6.45) is 5.19. The summed E-state index contributed by atoms with van der Waals surface area (Å²) in [4.78, 5) is 16.2. The molecule has 0 fully saturated rings. The highest BCUT2D eigenvalue weighted by atomic mass is 28.4. The lowest BCUT2D eigenvalue weighted by Crippen LogP contribution is -2.40. The first kappa shape index (κ1) is 64.0. The van der Waals surface area contributed by atoms with Crippen molar-refractivity contribution in [3.63, 3.8) is 0 Å². The lowest BCUT2D eigenvalue weighted by atomic mass is 10.2. The van der Waals surface area contributed by atoms with Gasteiger partial charge in [0.05, 0.1) is 33.0 Å². The van der Waals surface area contributed by atoms with E-state index < -0.39 is 25.0 Å². The molecule has 0 aromatic carbocycles. The smallest absolute Gasteiger partial charge is 0.231 e. The van der Waals surface area contributed by atoms with Crippen molar-refractivity contribution in [1.82, 2.24) is 19.9 Å². The highest BCUT2D eigenvalue weighted by Crippen LogP contribution is 2.39. The number of nitrogens with zero attached hydrogens (tertiary/aromatic N) is 7. The van der Waals surface area contributed by atoms with Crippen molar-refractivity contribution >= 4 is 25.0 Å². The van der Waals surface area contributed by atoms with Crippen LogP contribution in [0.1, 0.15) is 130 Å². The Morgan fingerprint density at radius 3 is 1.18 bits per heavy atom. The molecule has 0 aliphatic rings. The van der Waals surface area contributed by atoms with Gasteiger partial charge in [-0.15, -0.1) is 0 Å². The van der Waals surface area contributed by atoms with Gasteiger partial charge in [-0.3, -0.25) is 15.2 Å². The predicted molar refractivity (Wildman–Crippen MR) is 292 cm³/mol. The highest BCUT2D eigenvalue weighted by molar-refractivity contribution is 6.74. The number of aryl methyl sites for hydroxylation is 5. The minimum Gasteiger partial charge on any atom is -0.413 e. The maximum Gasteiger partial charge on any atom is 0.231 e. The van der Waals surface area contributed by atoms with Crippen LogP contribution >= 0.6 is 0 Å². The van der Waals surface area contributed by atoms with Gasteiger partial charge in [0.25, 0.3) is 0 Å². The summed E-state index contributed by atoms with van der Waals surface area (Å²) in [5, 5.41) is 44.9. The third kappa shape index (κ3) is 23.4. The molecule has 0 bridgehead atoms. The maximum absolute atomic E-state index is 9.39. The molecule has 388 valence electrons.